The molecule has 0 aromatic heterocycles. The first-order valence-electron chi connectivity index (χ1n) is 9.16. The maximum Gasteiger partial charge on any atom is 0.234 e. The molecule has 0 unspecified atom stereocenters. The predicted octanol–water partition coefficient (Wildman–Crippen LogP) is 1.18. The Morgan fingerprint density at radius 3 is 2.19 bits per heavy atom. The van der Waals surface area contributed by atoms with E-state index in [0.717, 1.165) is 37.3 Å². The Labute approximate surface area is 154 Å². The number of hydrazine groups is 1. The van der Waals surface area contributed by atoms with Gasteiger partial charge in [0, 0.05) is 18.4 Å². The Morgan fingerprint density at radius 1 is 0.923 bits per heavy atom. The highest BCUT2D eigenvalue weighted by atomic mass is 16.2. The van der Waals surface area contributed by atoms with Crippen molar-refractivity contribution in [1.29, 1.82) is 0 Å². The van der Waals surface area contributed by atoms with E-state index < -0.39 is 0 Å². The summed E-state index contributed by atoms with van der Waals surface area (Å²) in [6, 6.07) is 17.6. The molecule has 1 saturated heterocycles. The fourth-order valence-electron chi connectivity index (χ4n) is 3.08. The van der Waals surface area contributed by atoms with Gasteiger partial charge in [0.25, 0.3) is 0 Å². The second kappa shape index (κ2) is 8.74. The Hall–Kier alpha value is -2.50. The zero-order valence-electron chi connectivity index (χ0n) is 15.2. The second-order valence-electron chi connectivity index (χ2n) is 6.85. The van der Waals surface area contributed by atoms with Crippen molar-refractivity contribution in [3.63, 3.8) is 0 Å². The van der Waals surface area contributed by atoms with Crippen molar-refractivity contribution in [2.75, 3.05) is 33.2 Å². The minimum atomic E-state index is -0.0844. The number of benzene rings is 2. The summed E-state index contributed by atoms with van der Waals surface area (Å²) < 4.78 is 0. The quantitative estimate of drug-likeness (QED) is 0.768. The van der Waals surface area contributed by atoms with Crippen molar-refractivity contribution in [2.24, 2.45) is 0 Å². The lowest BCUT2D eigenvalue weighted by atomic mass is 10.0. The zero-order chi connectivity index (χ0) is 18.4. The predicted molar refractivity (Wildman–Crippen MR) is 102 cm³/mol. The maximum atomic E-state index is 12.3. The van der Waals surface area contributed by atoms with Crippen LogP contribution in [-0.4, -0.2) is 49.9 Å². The van der Waals surface area contributed by atoms with Gasteiger partial charge in [0.1, 0.15) is 0 Å². The van der Waals surface area contributed by atoms with Crippen LogP contribution in [0.5, 0.6) is 0 Å². The van der Waals surface area contributed by atoms with Crippen molar-refractivity contribution < 1.29 is 14.5 Å². The third kappa shape index (κ3) is 5.00. The first kappa shape index (κ1) is 18.3. The number of nitrogens with one attached hydrogen (secondary N) is 2. The van der Waals surface area contributed by atoms with Gasteiger partial charge in [0.15, 0.2) is 5.78 Å². The van der Waals surface area contributed by atoms with Crippen molar-refractivity contribution in [3.05, 3.63) is 60.2 Å². The van der Waals surface area contributed by atoms with Crippen LogP contribution < -0.4 is 10.3 Å². The molecule has 26 heavy (non-hydrogen) atoms. The van der Waals surface area contributed by atoms with Gasteiger partial charge in [-0.05, 0) is 11.1 Å². The van der Waals surface area contributed by atoms with Gasteiger partial charge in [0.05, 0.1) is 33.2 Å². The van der Waals surface area contributed by atoms with E-state index in [1.54, 1.807) is 0 Å². The molecular weight excluding hydrogens is 326 g/mol. The van der Waals surface area contributed by atoms with Crippen LogP contribution in [0.25, 0.3) is 11.1 Å². The standard InChI is InChI=1S/C21H25N3O2/c1-23-13-15-24(16-14-23)22-21(26)12-11-20(25)19-9-7-18(8-10-19)17-5-3-2-4-6-17/h2-10H,11-16H2,1H3,(H,22,26)/p+1. The molecule has 0 radical (unpaired) electrons. The maximum absolute atomic E-state index is 12.3. The van der Waals surface area contributed by atoms with Gasteiger partial charge in [-0.3, -0.25) is 15.0 Å². The molecule has 1 amide bonds. The fraction of sp³-hybridized carbons (Fsp3) is 0.333. The number of hydrogen-bond donors (Lipinski definition) is 2. The lowest BCUT2D eigenvalue weighted by Crippen LogP contribution is -3.12. The van der Waals surface area contributed by atoms with Crippen molar-refractivity contribution >= 4 is 11.7 Å². The summed E-state index contributed by atoms with van der Waals surface area (Å²) in [5.74, 6) is -0.0820. The minimum absolute atomic E-state index is 0.00239. The fourth-order valence-corrected chi connectivity index (χ4v) is 3.08. The third-order valence-corrected chi connectivity index (χ3v) is 4.79. The van der Waals surface area contributed by atoms with Crippen LogP contribution in [0.2, 0.25) is 0 Å². The molecule has 2 aromatic carbocycles. The second-order valence-corrected chi connectivity index (χ2v) is 6.85. The number of carbonyl (C=O) groups is 2. The lowest BCUT2D eigenvalue weighted by molar-refractivity contribution is -0.884. The van der Waals surface area contributed by atoms with Gasteiger partial charge in [0.2, 0.25) is 5.91 Å². The molecule has 0 aliphatic carbocycles. The SMILES string of the molecule is C[NH+]1CCN(NC(=O)CCC(=O)c2ccc(-c3ccccc3)cc2)CC1. The smallest absolute Gasteiger partial charge is 0.234 e. The molecule has 0 atom stereocenters. The number of ketones is 1. The Bertz CT molecular complexity index is 736. The third-order valence-electron chi connectivity index (χ3n) is 4.79. The highest BCUT2D eigenvalue weighted by molar-refractivity contribution is 5.98. The number of amides is 1. The first-order valence-corrected chi connectivity index (χ1v) is 9.16. The minimum Gasteiger partial charge on any atom is -0.335 e. The van der Waals surface area contributed by atoms with Crippen LogP contribution in [-0.2, 0) is 4.79 Å². The number of Topliss-reactive ketones (excluding diaryl/α,β-unsaturated/α-hetero) is 1. The zero-order valence-corrected chi connectivity index (χ0v) is 15.2. The van der Waals surface area contributed by atoms with Gasteiger partial charge in [-0.2, -0.15) is 0 Å². The summed E-state index contributed by atoms with van der Waals surface area (Å²) in [6.45, 7) is 3.75. The number of hydrogen-bond acceptors (Lipinski definition) is 3. The largest absolute Gasteiger partial charge is 0.335 e. The average Bonchev–Trinajstić information content (AvgIpc) is 2.69. The van der Waals surface area contributed by atoms with E-state index in [9.17, 15) is 9.59 Å². The molecule has 136 valence electrons. The lowest BCUT2D eigenvalue weighted by Gasteiger charge is -2.30. The van der Waals surface area contributed by atoms with Gasteiger partial charge < -0.3 is 4.90 Å². The molecule has 2 aromatic rings. The van der Waals surface area contributed by atoms with Gasteiger partial charge in [-0.1, -0.05) is 54.6 Å². The van der Waals surface area contributed by atoms with E-state index in [-0.39, 0.29) is 24.5 Å². The molecule has 3 rings (SSSR count). The van der Waals surface area contributed by atoms with Gasteiger partial charge in [-0.15, -0.1) is 0 Å². The van der Waals surface area contributed by atoms with Crippen LogP contribution in [0.15, 0.2) is 54.6 Å². The number of carbonyl (C=O) groups excluding carboxylic acids is 2. The van der Waals surface area contributed by atoms with Crippen molar-refractivity contribution in [2.45, 2.75) is 12.8 Å². The molecule has 5 heteroatoms. The molecule has 1 fully saturated rings. The number of quaternary nitrogens is 1. The molecule has 5 nitrogen and oxygen atoms in total. The van der Waals surface area contributed by atoms with E-state index in [1.807, 2.05) is 59.6 Å². The molecule has 0 bridgehead atoms. The first-order chi connectivity index (χ1) is 12.6. The van der Waals surface area contributed by atoms with E-state index in [0.29, 0.717) is 5.56 Å². The molecule has 2 N–H and O–H groups in total. The molecule has 0 saturated carbocycles. The van der Waals surface area contributed by atoms with Crippen LogP contribution in [0, 0.1) is 0 Å². The van der Waals surface area contributed by atoms with Crippen LogP contribution >= 0.6 is 0 Å². The molecular formula is C21H26N3O2+. The van der Waals surface area contributed by atoms with Gasteiger partial charge in [-0.25, -0.2) is 5.01 Å². The van der Waals surface area contributed by atoms with Crippen LogP contribution in [0.4, 0.5) is 0 Å². The Balaban J connectivity index is 1.48. The van der Waals surface area contributed by atoms with Crippen LogP contribution in [0.3, 0.4) is 0 Å². The average molecular weight is 352 g/mol. The molecule has 1 heterocycles. The monoisotopic (exact) mass is 352 g/mol. The topological polar surface area (TPSA) is 53.9 Å². The summed E-state index contributed by atoms with van der Waals surface area (Å²) >= 11 is 0. The number of rotatable bonds is 6. The van der Waals surface area contributed by atoms with E-state index in [2.05, 4.69) is 12.5 Å². The normalized spacial score (nSPS) is 15.6. The summed E-state index contributed by atoms with van der Waals surface area (Å²) in [5, 5.41) is 1.95. The highest BCUT2D eigenvalue weighted by Crippen LogP contribution is 2.19. The van der Waals surface area contributed by atoms with Gasteiger partial charge >= 0.3 is 0 Å². The van der Waals surface area contributed by atoms with Crippen molar-refractivity contribution in [1.82, 2.24) is 10.4 Å². The van der Waals surface area contributed by atoms with E-state index in [4.69, 9.17) is 0 Å². The molecule has 0 spiro atoms. The summed E-state index contributed by atoms with van der Waals surface area (Å²) in [7, 11) is 2.15. The molecule has 1 aliphatic heterocycles. The Kier molecular flexibility index (Phi) is 6.15. The Morgan fingerprint density at radius 2 is 1.54 bits per heavy atom. The van der Waals surface area contributed by atoms with E-state index in [1.165, 1.54) is 4.90 Å². The van der Waals surface area contributed by atoms with Crippen molar-refractivity contribution in [3.8, 4) is 11.1 Å². The van der Waals surface area contributed by atoms with E-state index >= 15 is 0 Å². The number of piperazine rings is 1. The van der Waals surface area contributed by atoms with Crippen LogP contribution in [0.1, 0.15) is 23.2 Å². The highest BCUT2D eigenvalue weighted by Gasteiger charge is 2.18. The number of likely N-dealkylation sites (N-methyl/N-ethyl adjacent to an activating group) is 1. The summed E-state index contributed by atoms with van der Waals surface area (Å²) in [6.07, 6.45) is 0.452. The summed E-state index contributed by atoms with van der Waals surface area (Å²) in [4.78, 5) is 25.9. The summed E-state index contributed by atoms with van der Waals surface area (Å²) in [5.41, 5.74) is 5.76. The number of nitrogens with zero attached hydrogens (tertiary/aromatic N) is 1. The molecule has 1 aliphatic rings.